The van der Waals surface area contributed by atoms with Gasteiger partial charge in [-0.2, -0.15) is 5.26 Å². The molecule has 3 nitrogen and oxygen atoms in total. The molecule has 3 heteroatoms. The lowest BCUT2D eigenvalue weighted by Gasteiger charge is -2.33. The SMILES string of the molecule is CC(C)(C)c1ccc(CC[CH]CC2CCCN(c3cc(C#N)ccn3)C2)cc1. The Bertz CT molecular complexity index is 796. The highest BCUT2D eigenvalue weighted by molar-refractivity contribution is 5.45. The first kappa shape index (κ1) is 20.4. The van der Waals surface area contributed by atoms with Crippen LogP contribution in [-0.2, 0) is 11.8 Å². The molecule has 1 aliphatic heterocycles. The Hall–Kier alpha value is -2.34. The second-order valence-electron chi connectivity index (χ2n) is 8.98. The molecule has 0 bridgehead atoms. The third-order valence-electron chi connectivity index (χ3n) is 5.67. The van der Waals surface area contributed by atoms with Crippen LogP contribution in [0.4, 0.5) is 5.82 Å². The normalized spacial score (nSPS) is 17.4. The van der Waals surface area contributed by atoms with Crippen LogP contribution in [0.2, 0.25) is 0 Å². The fraction of sp³-hybridized carbons (Fsp3) is 0.480. The lowest BCUT2D eigenvalue weighted by Crippen LogP contribution is -2.36. The van der Waals surface area contributed by atoms with Crippen molar-refractivity contribution < 1.29 is 0 Å². The van der Waals surface area contributed by atoms with Crippen molar-refractivity contribution >= 4 is 5.82 Å². The molecule has 1 fully saturated rings. The molecule has 0 amide bonds. The smallest absolute Gasteiger partial charge is 0.129 e. The number of aromatic nitrogens is 1. The molecule has 1 radical (unpaired) electrons. The molecule has 1 aromatic heterocycles. The minimum absolute atomic E-state index is 0.221. The van der Waals surface area contributed by atoms with Crippen LogP contribution in [0.1, 0.15) is 63.1 Å². The van der Waals surface area contributed by atoms with E-state index in [0.717, 1.165) is 38.2 Å². The number of piperidine rings is 1. The molecule has 1 aromatic carbocycles. The van der Waals surface area contributed by atoms with Crippen LogP contribution >= 0.6 is 0 Å². The van der Waals surface area contributed by atoms with Crippen molar-refractivity contribution in [3.63, 3.8) is 0 Å². The van der Waals surface area contributed by atoms with Crippen LogP contribution in [0.3, 0.4) is 0 Å². The van der Waals surface area contributed by atoms with Gasteiger partial charge in [0.1, 0.15) is 5.82 Å². The molecule has 2 heterocycles. The van der Waals surface area contributed by atoms with Gasteiger partial charge in [0.25, 0.3) is 0 Å². The van der Waals surface area contributed by atoms with Gasteiger partial charge in [-0.1, -0.05) is 45.0 Å². The Morgan fingerprint density at radius 3 is 2.71 bits per heavy atom. The Kier molecular flexibility index (Phi) is 6.73. The number of anilines is 1. The van der Waals surface area contributed by atoms with Gasteiger partial charge < -0.3 is 4.90 Å². The average Bonchev–Trinajstić information content (AvgIpc) is 2.71. The summed E-state index contributed by atoms with van der Waals surface area (Å²) in [6, 6.07) is 15.0. The van der Waals surface area contributed by atoms with Gasteiger partial charge in [0, 0.05) is 19.3 Å². The number of unbranched alkanes of at least 4 members (excludes halogenated alkanes) is 1. The van der Waals surface area contributed by atoms with E-state index in [1.165, 1.54) is 24.0 Å². The maximum Gasteiger partial charge on any atom is 0.129 e. The van der Waals surface area contributed by atoms with E-state index in [9.17, 15) is 0 Å². The van der Waals surface area contributed by atoms with Gasteiger partial charge >= 0.3 is 0 Å². The van der Waals surface area contributed by atoms with E-state index in [4.69, 9.17) is 5.26 Å². The first-order chi connectivity index (χ1) is 13.5. The van der Waals surface area contributed by atoms with E-state index in [2.05, 4.69) is 67.4 Å². The van der Waals surface area contributed by atoms with Gasteiger partial charge in [-0.3, -0.25) is 0 Å². The second-order valence-corrected chi connectivity index (χ2v) is 8.98. The van der Waals surface area contributed by atoms with Gasteiger partial charge in [0.15, 0.2) is 0 Å². The highest BCUT2D eigenvalue weighted by atomic mass is 15.2. The third kappa shape index (κ3) is 5.58. The summed E-state index contributed by atoms with van der Waals surface area (Å²) in [6.07, 6.45) is 10.1. The van der Waals surface area contributed by atoms with Gasteiger partial charge in [-0.15, -0.1) is 0 Å². The summed E-state index contributed by atoms with van der Waals surface area (Å²) in [6.45, 7) is 8.86. The molecule has 0 aliphatic carbocycles. The van der Waals surface area contributed by atoms with E-state index in [1.807, 2.05) is 6.07 Å². The number of hydrogen-bond acceptors (Lipinski definition) is 3. The van der Waals surface area contributed by atoms with Crippen molar-refractivity contribution in [3.8, 4) is 6.07 Å². The summed E-state index contributed by atoms with van der Waals surface area (Å²) in [5, 5.41) is 9.10. The minimum Gasteiger partial charge on any atom is -0.356 e. The highest BCUT2D eigenvalue weighted by Gasteiger charge is 2.21. The van der Waals surface area contributed by atoms with Crippen molar-refractivity contribution in [2.45, 2.75) is 58.3 Å². The van der Waals surface area contributed by atoms with Crippen molar-refractivity contribution in [1.29, 1.82) is 5.26 Å². The lowest BCUT2D eigenvalue weighted by molar-refractivity contribution is 0.405. The monoisotopic (exact) mass is 374 g/mol. The molecule has 0 saturated carbocycles. The Labute approximate surface area is 170 Å². The van der Waals surface area contributed by atoms with Crippen LogP contribution in [0.15, 0.2) is 42.6 Å². The minimum atomic E-state index is 0.221. The summed E-state index contributed by atoms with van der Waals surface area (Å²) < 4.78 is 0. The quantitative estimate of drug-likeness (QED) is 0.609. The fourth-order valence-electron chi connectivity index (χ4n) is 3.92. The molecule has 28 heavy (non-hydrogen) atoms. The molecule has 1 saturated heterocycles. The van der Waals surface area contributed by atoms with E-state index < -0.39 is 0 Å². The zero-order valence-electron chi connectivity index (χ0n) is 17.5. The van der Waals surface area contributed by atoms with Gasteiger partial charge in [-0.05, 0) is 73.1 Å². The Morgan fingerprint density at radius 2 is 2.00 bits per heavy atom. The summed E-state index contributed by atoms with van der Waals surface area (Å²) in [5.74, 6) is 1.63. The van der Waals surface area contributed by atoms with Crippen LogP contribution in [0, 0.1) is 23.7 Å². The molecule has 0 N–H and O–H groups in total. The number of aryl methyl sites for hydroxylation is 1. The van der Waals surface area contributed by atoms with E-state index >= 15 is 0 Å². The van der Waals surface area contributed by atoms with Crippen molar-refractivity contribution in [3.05, 3.63) is 65.7 Å². The topological polar surface area (TPSA) is 39.9 Å². The Morgan fingerprint density at radius 1 is 1.21 bits per heavy atom. The molecule has 1 aliphatic rings. The molecule has 147 valence electrons. The molecule has 1 unspecified atom stereocenters. The zero-order chi connectivity index (χ0) is 20.0. The van der Waals surface area contributed by atoms with Crippen LogP contribution < -0.4 is 4.90 Å². The molecule has 2 aromatic rings. The molecular formula is C25H32N3. The maximum atomic E-state index is 9.10. The van der Waals surface area contributed by atoms with Crippen molar-refractivity contribution in [1.82, 2.24) is 4.98 Å². The Balaban J connectivity index is 1.44. The fourth-order valence-corrected chi connectivity index (χ4v) is 3.92. The number of rotatable bonds is 6. The summed E-state index contributed by atoms with van der Waals surface area (Å²) in [4.78, 5) is 6.81. The van der Waals surface area contributed by atoms with E-state index in [1.54, 1.807) is 12.3 Å². The zero-order valence-corrected chi connectivity index (χ0v) is 17.5. The predicted octanol–water partition coefficient (Wildman–Crippen LogP) is 5.69. The average molecular weight is 375 g/mol. The lowest BCUT2D eigenvalue weighted by atomic mass is 9.86. The standard InChI is InChI=1S/C25H32N3/c1-25(2,3)23-12-10-20(11-13-23)7-4-5-8-21-9-6-16-28(19-21)24-17-22(18-26)14-15-27-24/h5,10-15,17,21H,4,6-9,16,19H2,1-3H3. The highest BCUT2D eigenvalue weighted by Crippen LogP contribution is 2.26. The number of pyridine rings is 1. The second kappa shape index (κ2) is 9.24. The van der Waals surface area contributed by atoms with E-state index in [0.29, 0.717) is 11.5 Å². The molecular weight excluding hydrogens is 342 g/mol. The number of nitriles is 1. The number of hydrogen-bond donors (Lipinski definition) is 0. The van der Waals surface area contributed by atoms with Gasteiger partial charge in [0.2, 0.25) is 0 Å². The van der Waals surface area contributed by atoms with E-state index in [-0.39, 0.29) is 5.41 Å². The van der Waals surface area contributed by atoms with Gasteiger partial charge in [-0.25, -0.2) is 4.98 Å². The summed E-state index contributed by atoms with van der Waals surface area (Å²) >= 11 is 0. The van der Waals surface area contributed by atoms with Crippen LogP contribution in [-0.4, -0.2) is 18.1 Å². The first-order valence-corrected chi connectivity index (χ1v) is 10.5. The summed E-state index contributed by atoms with van der Waals surface area (Å²) in [5.41, 5.74) is 3.74. The third-order valence-corrected chi connectivity index (χ3v) is 5.67. The summed E-state index contributed by atoms with van der Waals surface area (Å²) in [7, 11) is 0. The molecule has 0 spiro atoms. The number of benzene rings is 1. The first-order valence-electron chi connectivity index (χ1n) is 10.5. The largest absolute Gasteiger partial charge is 0.356 e. The predicted molar refractivity (Wildman–Crippen MR) is 116 cm³/mol. The van der Waals surface area contributed by atoms with Crippen molar-refractivity contribution in [2.75, 3.05) is 18.0 Å². The van der Waals surface area contributed by atoms with Crippen LogP contribution in [0.5, 0.6) is 0 Å². The number of nitrogens with zero attached hydrogens (tertiary/aromatic N) is 3. The maximum absolute atomic E-state index is 9.10. The molecule has 3 rings (SSSR count). The van der Waals surface area contributed by atoms with Crippen molar-refractivity contribution in [2.24, 2.45) is 5.92 Å². The molecule has 1 atom stereocenters. The van der Waals surface area contributed by atoms with Gasteiger partial charge in [0.05, 0.1) is 11.6 Å². The van der Waals surface area contributed by atoms with Crippen LogP contribution in [0.25, 0.3) is 0 Å².